The van der Waals surface area contributed by atoms with Crippen molar-refractivity contribution in [1.29, 1.82) is 5.26 Å². The number of hydrogen-bond donors (Lipinski definition) is 2. The van der Waals surface area contributed by atoms with Crippen molar-refractivity contribution in [2.45, 2.75) is 10.3 Å². The molecule has 0 aliphatic carbocycles. The van der Waals surface area contributed by atoms with E-state index in [9.17, 15) is 10.4 Å². The number of benzene rings is 2. The van der Waals surface area contributed by atoms with Crippen LogP contribution in [0.25, 0.3) is 5.57 Å². The van der Waals surface area contributed by atoms with Gasteiger partial charge < -0.3 is 10.8 Å². The molecule has 0 saturated carbocycles. The van der Waals surface area contributed by atoms with Gasteiger partial charge in [0.1, 0.15) is 12.2 Å². The Kier molecular flexibility index (Phi) is 5.56. The van der Waals surface area contributed by atoms with Crippen LogP contribution in [0.3, 0.4) is 0 Å². The molecule has 3 N–H and O–H groups in total. The number of aliphatic hydroxyl groups excluding tert-OH is 1. The fourth-order valence-corrected chi connectivity index (χ4v) is 4.14. The Bertz CT molecular complexity index is 912. The molecule has 0 bridgehead atoms. The molecular formula is C20H16N2OS2. The number of hydrogen-bond acceptors (Lipinski definition) is 5. The SMILES string of the molecule is N#C/C(=C(\N)Sc1cccs1)c1cccc(C(O)c2ccccc2)c1. The number of allylic oxidation sites excluding steroid dienone is 1. The largest absolute Gasteiger partial charge is 0.392 e. The summed E-state index contributed by atoms with van der Waals surface area (Å²) in [6, 6.07) is 22.9. The van der Waals surface area contributed by atoms with Crippen molar-refractivity contribution in [3.05, 3.63) is 93.8 Å². The topological polar surface area (TPSA) is 70.0 Å². The van der Waals surface area contributed by atoms with Crippen LogP contribution in [0, 0.1) is 11.3 Å². The highest BCUT2D eigenvalue weighted by molar-refractivity contribution is 8.04. The Morgan fingerprint density at radius 1 is 1.04 bits per heavy atom. The van der Waals surface area contributed by atoms with Crippen LogP contribution < -0.4 is 5.73 Å². The third kappa shape index (κ3) is 4.12. The molecular weight excluding hydrogens is 348 g/mol. The Morgan fingerprint density at radius 2 is 1.80 bits per heavy atom. The van der Waals surface area contributed by atoms with Gasteiger partial charge >= 0.3 is 0 Å². The Hall–Kier alpha value is -2.52. The highest BCUT2D eigenvalue weighted by Crippen LogP contribution is 2.33. The number of rotatable bonds is 5. The molecule has 0 aliphatic rings. The molecule has 5 heteroatoms. The van der Waals surface area contributed by atoms with Crippen molar-refractivity contribution < 1.29 is 5.11 Å². The predicted molar refractivity (Wildman–Crippen MR) is 104 cm³/mol. The minimum atomic E-state index is -0.743. The van der Waals surface area contributed by atoms with Crippen LogP contribution >= 0.6 is 23.1 Å². The number of nitriles is 1. The van der Waals surface area contributed by atoms with Crippen molar-refractivity contribution in [1.82, 2.24) is 0 Å². The molecule has 2 aromatic carbocycles. The van der Waals surface area contributed by atoms with E-state index in [0.29, 0.717) is 16.2 Å². The highest BCUT2D eigenvalue weighted by Gasteiger charge is 2.14. The summed E-state index contributed by atoms with van der Waals surface area (Å²) in [7, 11) is 0. The molecule has 25 heavy (non-hydrogen) atoms. The molecule has 0 spiro atoms. The van der Waals surface area contributed by atoms with Gasteiger partial charge in [0.2, 0.25) is 0 Å². The van der Waals surface area contributed by atoms with E-state index in [4.69, 9.17) is 5.73 Å². The standard InChI is InChI=1S/C20H16N2OS2/c21-13-17(20(22)25-18-10-5-11-24-18)15-8-4-9-16(12-15)19(23)14-6-2-1-3-7-14/h1-12,19,23H,22H2/b20-17-. The maximum Gasteiger partial charge on any atom is 0.104 e. The Balaban J connectivity index is 1.93. The van der Waals surface area contributed by atoms with Crippen molar-refractivity contribution in [2.75, 3.05) is 0 Å². The molecule has 3 rings (SSSR count). The smallest absolute Gasteiger partial charge is 0.104 e. The van der Waals surface area contributed by atoms with E-state index < -0.39 is 6.10 Å². The molecule has 124 valence electrons. The summed E-state index contributed by atoms with van der Waals surface area (Å²) >= 11 is 2.96. The highest BCUT2D eigenvalue weighted by atomic mass is 32.2. The second-order valence-electron chi connectivity index (χ2n) is 5.32. The molecule has 1 atom stereocenters. The van der Waals surface area contributed by atoms with Crippen molar-refractivity contribution in [2.24, 2.45) is 5.73 Å². The second-order valence-corrected chi connectivity index (χ2v) is 7.61. The fourth-order valence-electron chi connectivity index (χ4n) is 2.43. The molecule has 0 amide bonds. The van der Waals surface area contributed by atoms with E-state index in [2.05, 4.69) is 6.07 Å². The quantitative estimate of drug-likeness (QED) is 0.505. The Labute approximate surface area is 155 Å². The molecule has 0 saturated heterocycles. The summed E-state index contributed by atoms with van der Waals surface area (Å²) in [5.41, 5.74) is 8.81. The predicted octanol–water partition coefficient (Wildman–Crippen LogP) is 4.77. The summed E-state index contributed by atoms with van der Waals surface area (Å²) in [5, 5.41) is 22.6. The Morgan fingerprint density at radius 3 is 2.48 bits per heavy atom. The first kappa shape index (κ1) is 17.3. The third-order valence-electron chi connectivity index (χ3n) is 3.67. The van der Waals surface area contributed by atoms with Crippen LogP contribution in [0.15, 0.2) is 81.3 Å². The van der Waals surface area contributed by atoms with Gasteiger partial charge in [0.25, 0.3) is 0 Å². The maximum absolute atomic E-state index is 10.6. The van der Waals surface area contributed by atoms with E-state index in [1.54, 1.807) is 11.3 Å². The lowest BCUT2D eigenvalue weighted by Gasteiger charge is -2.13. The molecule has 3 nitrogen and oxygen atoms in total. The first-order valence-electron chi connectivity index (χ1n) is 7.63. The lowest BCUT2D eigenvalue weighted by molar-refractivity contribution is 0.220. The van der Waals surface area contributed by atoms with E-state index >= 15 is 0 Å². The van der Waals surface area contributed by atoms with Crippen LogP contribution in [0.1, 0.15) is 22.8 Å². The van der Waals surface area contributed by atoms with Gasteiger partial charge in [0.15, 0.2) is 0 Å². The van der Waals surface area contributed by atoms with Gasteiger partial charge in [-0.3, -0.25) is 0 Å². The normalized spacial score (nSPS) is 13.0. The van der Waals surface area contributed by atoms with E-state index in [-0.39, 0.29) is 0 Å². The molecule has 1 aromatic heterocycles. The van der Waals surface area contributed by atoms with Crippen molar-refractivity contribution in [3.63, 3.8) is 0 Å². The zero-order chi connectivity index (χ0) is 17.6. The molecule has 3 aromatic rings. The number of nitrogens with two attached hydrogens (primary N) is 1. The van der Waals surface area contributed by atoms with Crippen LogP contribution in [0.5, 0.6) is 0 Å². The molecule has 0 fully saturated rings. The first-order chi connectivity index (χ1) is 12.2. The maximum atomic E-state index is 10.6. The van der Waals surface area contributed by atoms with Crippen molar-refractivity contribution in [3.8, 4) is 6.07 Å². The average Bonchev–Trinajstić information content (AvgIpc) is 3.15. The van der Waals surface area contributed by atoms with Gasteiger partial charge in [0.05, 0.1) is 14.8 Å². The van der Waals surface area contributed by atoms with Gasteiger partial charge in [-0.2, -0.15) is 5.26 Å². The minimum Gasteiger partial charge on any atom is -0.392 e. The zero-order valence-electron chi connectivity index (χ0n) is 13.3. The van der Waals surface area contributed by atoms with Crippen LogP contribution in [-0.2, 0) is 0 Å². The molecule has 1 heterocycles. The molecule has 0 radical (unpaired) electrons. The first-order valence-corrected chi connectivity index (χ1v) is 9.33. The lowest BCUT2D eigenvalue weighted by atomic mass is 9.98. The monoisotopic (exact) mass is 364 g/mol. The van der Waals surface area contributed by atoms with Gasteiger partial charge in [-0.05, 0) is 34.2 Å². The second kappa shape index (κ2) is 8.04. The zero-order valence-corrected chi connectivity index (χ0v) is 14.9. The van der Waals surface area contributed by atoms with Gasteiger partial charge in [-0.15, -0.1) is 11.3 Å². The fraction of sp³-hybridized carbons (Fsp3) is 0.0500. The summed E-state index contributed by atoms with van der Waals surface area (Å²) in [5.74, 6) is 0. The van der Waals surface area contributed by atoms with Crippen molar-refractivity contribution >= 4 is 28.7 Å². The summed E-state index contributed by atoms with van der Waals surface area (Å²) in [6.45, 7) is 0. The van der Waals surface area contributed by atoms with Gasteiger partial charge in [0, 0.05) is 0 Å². The molecule has 1 unspecified atom stereocenters. The van der Waals surface area contributed by atoms with E-state index in [1.807, 2.05) is 72.1 Å². The van der Waals surface area contributed by atoms with Gasteiger partial charge in [-0.1, -0.05) is 66.4 Å². The minimum absolute atomic E-state index is 0.417. The average molecular weight is 364 g/mol. The summed E-state index contributed by atoms with van der Waals surface area (Å²) in [4.78, 5) is 0. The van der Waals surface area contributed by atoms with Gasteiger partial charge in [-0.25, -0.2) is 0 Å². The summed E-state index contributed by atoms with van der Waals surface area (Å²) < 4.78 is 1.03. The number of thioether (sulfide) groups is 1. The van der Waals surface area contributed by atoms with E-state index in [1.165, 1.54) is 11.8 Å². The summed E-state index contributed by atoms with van der Waals surface area (Å²) in [6.07, 6.45) is -0.743. The molecule has 0 aliphatic heterocycles. The van der Waals surface area contributed by atoms with Crippen LogP contribution in [0.4, 0.5) is 0 Å². The van der Waals surface area contributed by atoms with Crippen LogP contribution in [0.2, 0.25) is 0 Å². The van der Waals surface area contributed by atoms with E-state index in [0.717, 1.165) is 15.3 Å². The van der Waals surface area contributed by atoms with Crippen LogP contribution in [-0.4, -0.2) is 5.11 Å². The number of aliphatic hydroxyl groups is 1. The number of thiophene rings is 1. The third-order valence-corrected chi connectivity index (χ3v) is 5.63. The number of nitrogens with zero attached hydrogens (tertiary/aromatic N) is 1. The lowest BCUT2D eigenvalue weighted by Crippen LogP contribution is -2.01.